The number of likely N-dealkylation sites (tertiary alicyclic amines) is 1. The molecule has 0 N–H and O–H groups in total. The number of piperidine rings is 2. The van der Waals surface area contributed by atoms with Crippen molar-refractivity contribution in [2.75, 3.05) is 37.6 Å². The van der Waals surface area contributed by atoms with Gasteiger partial charge in [-0.05, 0) is 120 Å². The summed E-state index contributed by atoms with van der Waals surface area (Å²) in [5.74, 6) is 1.90. The largest absolute Gasteiger partial charge is 0.457 e. The van der Waals surface area contributed by atoms with Crippen molar-refractivity contribution in [1.82, 2.24) is 9.80 Å². The van der Waals surface area contributed by atoms with E-state index >= 15 is 0 Å². The molecule has 7 heteroatoms. The quantitative estimate of drug-likeness (QED) is 0.486. The Balaban J connectivity index is 1.20. The molecule has 2 bridgehead atoms. The fraction of sp³-hybridized carbons (Fsp3) is 0.533. The summed E-state index contributed by atoms with van der Waals surface area (Å²) in [7, 11) is 0. The van der Waals surface area contributed by atoms with Gasteiger partial charge in [-0.3, -0.25) is 9.69 Å². The molecular formula is C30H39N3O4. The molecule has 6 rings (SSSR count). The number of carbonyl (C=O) groups is 2. The van der Waals surface area contributed by atoms with Crippen molar-refractivity contribution in [2.45, 2.75) is 64.5 Å². The van der Waals surface area contributed by atoms with Crippen molar-refractivity contribution in [3.63, 3.8) is 0 Å². The highest BCUT2D eigenvalue weighted by Gasteiger charge is 2.35. The van der Waals surface area contributed by atoms with Crippen molar-refractivity contribution in [2.24, 2.45) is 5.92 Å². The van der Waals surface area contributed by atoms with Gasteiger partial charge in [-0.25, -0.2) is 4.79 Å². The van der Waals surface area contributed by atoms with Crippen LogP contribution in [-0.4, -0.2) is 66.7 Å². The van der Waals surface area contributed by atoms with Crippen molar-refractivity contribution in [1.29, 1.82) is 0 Å². The predicted molar refractivity (Wildman–Crippen MR) is 144 cm³/mol. The van der Waals surface area contributed by atoms with Crippen LogP contribution in [0.25, 0.3) is 0 Å². The first-order valence-electron chi connectivity index (χ1n) is 13.9. The molecule has 4 heterocycles. The topological polar surface area (TPSA) is 62.3 Å². The van der Waals surface area contributed by atoms with Gasteiger partial charge in [0.05, 0.1) is 0 Å². The third-order valence-electron chi connectivity index (χ3n) is 7.95. The van der Waals surface area contributed by atoms with Crippen molar-refractivity contribution >= 4 is 17.7 Å². The van der Waals surface area contributed by atoms with E-state index < -0.39 is 0 Å². The number of fused-ring (bicyclic) bond motifs is 4. The number of amides is 2. The van der Waals surface area contributed by atoms with Crippen LogP contribution in [0, 0.1) is 5.92 Å². The van der Waals surface area contributed by atoms with E-state index in [0.717, 1.165) is 70.5 Å². The molecule has 0 spiro atoms. The third-order valence-corrected chi connectivity index (χ3v) is 7.95. The van der Waals surface area contributed by atoms with Gasteiger partial charge in [0.15, 0.2) is 0 Å². The van der Waals surface area contributed by atoms with Crippen LogP contribution in [0.1, 0.15) is 62.7 Å². The molecule has 4 aliphatic heterocycles. The summed E-state index contributed by atoms with van der Waals surface area (Å²) in [4.78, 5) is 32.1. The molecule has 7 nitrogen and oxygen atoms in total. The summed E-state index contributed by atoms with van der Waals surface area (Å²) in [5, 5.41) is 0. The van der Waals surface area contributed by atoms with E-state index in [1.165, 1.54) is 6.42 Å². The van der Waals surface area contributed by atoms with E-state index in [2.05, 4.69) is 4.90 Å². The van der Waals surface area contributed by atoms with Crippen LogP contribution < -0.4 is 9.64 Å². The molecule has 2 aromatic rings. The molecule has 1 unspecified atom stereocenters. The minimum Gasteiger partial charge on any atom is -0.457 e. The summed E-state index contributed by atoms with van der Waals surface area (Å²) >= 11 is 0. The molecule has 37 heavy (non-hydrogen) atoms. The first kappa shape index (κ1) is 25.6. The van der Waals surface area contributed by atoms with Crippen LogP contribution in [0.2, 0.25) is 0 Å². The van der Waals surface area contributed by atoms with Crippen LogP contribution in [0.15, 0.2) is 48.5 Å². The molecular weight excluding hydrogens is 466 g/mol. The standard InChI is InChI=1S/C30H39N3O4/c1-22(2)33(30(35)37-28-16-21-31-19-14-23(28)15-20-31)25-8-12-27(13-9-25)36-26-10-6-24(7-11-26)29(34)32-17-4-3-5-18-32/h6-13,22-23,28H,3-5,14-21H2,1-2H3. The summed E-state index contributed by atoms with van der Waals surface area (Å²) in [6, 6.07) is 14.8. The molecule has 2 amide bonds. The number of ether oxygens (including phenoxy) is 2. The molecule has 198 valence electrons. The van der Waals surface area contributed by atoms with E-state index in [1.54, 1.807) is 4.90 Å². The Morgan fingerprint density at radius 1 is 0.811 bits per heavy atom. The van der Waals surface area contributed by atoms with Gasteiger partial charge >= 0.3 is 6.09 Å². The van der Waals surface area contributed by atoms with Gasteiger partial charge in [0.1, 0.15) is 17.6 Å². The average molecular weight is 506 g/mol. The maximum atomic E-state index is 13.2. The SMILES string of the molecule is CC(C)N(C(=O)OC1CCN2CCC1CC2)c1ccc(Oc2ccc(C(=O)N3CCCCC3)cc2)cc1. The zero-order valence-electron chi connectivity index (χ0n) is 22.1. The summed E-state index contributed by atoms with van der Waals surface area (Å²) in [6.07, 6.45) is 6.21. The van der Waals surface area contributed by atoms with Crippen LogP contribution >= 0.6 is 0 Å². The van der Waals surface area contributed by atoms with Gasteiger partial charge in [0.25, 0.3) is 5.91 Å². The highest BCUT2D eigenvalue weighted by Crippen LogP contribution is 2.31. The zero-order chi connectivity index (χ0) is 25.8. The number of rotatable bonds is 6. The van der Waals surface area contributed by atoms with Gasteiger partial charge in [-0.15, -0.1) is 0 Å². The summed E-state index contributed by atoms with van der Waals surface area (Å²) in [5.41, 5.74) is 1.48. The van der Waals surface area contributed by atoms with Crippen LogP contribution in [0.4, 0.5) is 10.5 Å². The Labute approximate surface area is 220 Å². The maximum Gasteiger partial charge on any atom is 0.414 e. The van der Waals surface area contributed by atoms with E-state index in [1.807, 2.05) is 67.3 Å². The van der Waals surface area contributed by atoms with Gasteiger partial charge in [-0.2, -0.15) is 0 Å². The lowest BCUT2D eigenvalue weighted by molar-refractivity contribution is 0.0604. The fourth-order valence-corrected chi connectivity index (χ4v) is 5.81. The monoisotopic (exact) mass is 505 g/mol. The molecule has 4 aliphatic rings. The Bertz CT molecular complexity index is 1060. The number of hydrogen-bond donors (Lipinski definition) is 0. The smallest absolute Gasteiger partial charge is 0.414 e. The minimum atomic E-state index is -0.275. The van der Waals surface area contributed by atoms with Crippen molar-refractivity contribution < 1.29 is 19.1 Å². The lowest BCUT2D eigenvalue weighted by atomic mass is 9.93. The molecule has 4 fully saturated rings. The molecule has 2 aromatic carbocycles. The van der Waals surface area contributed by atoms with Gasteiger partial charge in [-0.1, -0.05) is 0 Å². The second-order valence-corrected chi connectivity index (χ2v) is 10.8. The average Bonchev–Trinajstić information content (AvgIpc) is 3.23. The van der Waals surface area contributed by atoms with E-state index in [-0.39, 0.29) is 24.1 Å². The Hall–Kier alpha value is -3.06. The normalized spacial score (nSPS) is 23.4. The second kappa shape index (κ2) is 11.5. The highest BCUT2D eigenvalue weighted by molar-refractivity contribution is 5.94. The third kappa shape index (κ3) is 6.09. The number of nitrogens with zero attached hydrogens (tertiary/aromatic N) is 3. The lowest BCUT2D eigenvalue weighted by Gasteiger charge is -2.32. The van der Waals surface area contributed by atoms with Crippen LogP contribution in [-0.2, 0) is 4.74 Å². The van der Waals surface area contributed by atoms with E-state index in [0.29, 0.717) is 23.0 Å². The highest BCUT2D eigenvalue weighted by atomic mass is 16.6. The zero-order valence-corrected chi connectivity index (χ0v) is 22.1. The van der Waals surface area contributed by atoms with Gasteiger partial charge in [0.2, 0.25) is 0 Å². The number of carbonyl (C=O) groups excluding carboxylic acids is 2. The first-order valence-corrected chi connectivity index (χ1v) is 13.9. The summed E-state index contributed by atoms with van der Waals surface area (Å²) in [6.45, 7) is 8.92. The fourth-order valence-electron chi connectivity index (χ4n) is 5.81. The second-order valence-electron chi connectivity index (χ2n) is 10.8. The lowest BCUT2D eigenvalue weighted by Crippen LogP contribution is -2.41. The van der Waals surface area contributed by atoms with Crippen LogP contribution in [0.5, 0.6) is 11.5 Å². The van der Waals surface area contributed by atoms with E-state index in [4.69, 9.17) is 9.47 Å². The molecule has 1 atom stereocenters. The Morgan fingerprint density at radius 3 is 2.03 bits per heavy atom. The Kier molecular flexibility index (Phi) is 7.99. The van der Waals surface area contributed by atoms with Gasteiger partial charge < -0.3 is 19.3 Å². The first-order chi connectivity index (χ1) is 18.0. The molecule has 4 saturated heterocycles. The van der Waals surface area contributed by atoms with Gasteiger partial charge in [0, 0.05) is 36.9 Å². The van der Waals surface area contributed by atoms with Crippen molar-refractivity contribution in [3.05, 3.63) is 54.1 Å². The van der Waals surface area contributed by atoms with Crippen molar-refractivity contribution in [3.8, 4) is 11.5 Å². The molecule has 0 aromatic heterocycles. The number of anilines is 1. The summed E-state index contributed by atoms with van der Waals surface area (Å²) < 4.78 is 12.1. The van der Waals surface area contributed by atoms with Crippen LogP contribution in [0.3, 0.4) is 0 Å². The maximum absolute atomic E-state index is 13.2. The number of benzene rings is 2. The predicted octanol–water partition coefficient (Wildman–Crippen LogP) is 5.94. The Morgan fingerprint density at radius 2 is 1.41 bits per heavy atom. The van der Waals surface area contributed by atoms with E-state index in [9.17, 15) is 9.59 Å². The molecule has 0 saturated carbocycles. The minimum absolute atomic E-state index is 0.00590. The molecule has 0 aliphatic carbocycles. The molecule has 0 radical (unpaired) electrons. The number of hydrogen-bond acceptors (Lipinski definition) is 5.